The van der Waals surface area contributed by atoms with Crippen LogP contribution in [0.2, 0.25) is 0 Å². The van der Waals surface area contributed by atoms with Gasteiger partial charge in [0.15, 0.2) is 0 Å². The van der Waals surface area contributed by atoms with Gasteiger partial charge in [0.05, 0.1) is 18.7 Å². The van der Waals surface area contributed by atoms with Crippen molar-refractivity contribution < 1.29 is 18.8 Å². The first kappa shape index (κ1) is 17.0. The van der Waals surface area contributed by atoms with Gasteiger partial charge in [-0.25, -0.2) is 4.98 Å². The number of carbonyl (C=O) groups excluding carboxylic acids is 1. The maximum absolute atomic E-state index is 12.3. The molecular weight excluding hydrogens is 298 g/mol. The Morgan fingerprint density at radius 1 is 1.35 bits per heavy atom. The molecule has 23 heavy (non-hydrogen) atoms. The molecule has 0 radical (unpaired) electrons. The highest BCUT2D eigenvalue weighted by Gasteiger charge is 2.14. The summed E-state index contributed by atoms with van der Waals surface area (Å²) in [6.45, 7) is 3.36. The molecule has 2 heterocycles. The van der Waals surface area contributed by atoms with Crippen molar-refractivity contribution in [3.05, 3.63) is 41.4 Å². The quantitative estimate of drug-likeness (QED) is 0.693. The van der Waals surface area contributed by atoms with Crippen molar-refractivity contribution in [3.63, 3.8) is 0 Å². The van der Waals surface area contributed by atoms with Gasteiger partial charge in [0.2, 0.25) is 5.88 Å². The predicted octanol–water partition coefficient (Wildman–Crippen LogP) is 2.07. The smallest absolute Gasteiger partial charge is 0.255 e. The van der Waals surface area contributed by atoms with Crippen LogP contribution >= 0.6 is 0 Å². The summed E-state index contributed by atoms with van der Waals surface area (Å²) in [7, 11) is 3.36. The Hall–Kier alpha value is -2.41. The van der Waals surface area contributed by atoms with Gasteiger partial charge in [-0.05, 0) is 13.0 Å². The first-order chi connectivity index (χ1) is 11.1. The lowest BCUT2D eigenvalue weighted by Gasteiger charge is -2.15. The van der Waals surface area contributed by atoms with Gasteiger partial charge in [0.1, 0.15) is 11.5 Å². The fourth-order valence-electron chi connectivity index (χ4n) is 2.00. The lowest BCUT2D eigenvalue weighted by molar-refractivity contribution is 0.0781. The maximum atomic E-state index is 12.3. The molecule has 0 aliphatic heterocycles. The first-order valence-electron chi connectivity index (χ1n) is 7.35. The van der Waals surface area contributed by atoms with Crippen LogP contribution in [-0.2, 0) is 11.3 Å². The van der Waals surface area contributed by atoms with E-state index in [2.05, 4.69) is 10.1 Å². The van der Waals surface area contributed by atoms with Gasteiger partial charge in [0.25, 0.3) is 5.91 Å². The van der Waals surface area contributed by atoms with E-state index in [9.17, 15) is 4.79 Å². The zero-order valence-corrected chi connectivity index (χ0v) is 13.6. The molecule has 2 rings (SSSR count). The number of rotatable bonds is 8. The monoisotopic (exact) mass is 319 g/mol. The molecule has 0 spiro atoms. The summed E-state index contributed by atoms with van der Waals surface area (Å²) < 4.78 is 15.4. The summed E-state index contributed by atoms with van der Waals surface area (Å²) in [5.74, 6) is 1.08. The van der Waals surface area contributed by atoms with Crippen LogP contribution in [0.3, 0.4) is 0 Å². The van der Waals surface area contributed by atoms with Gasteiger partial charge < -0.3 is 18.9 Å². The molecule has 0 unspecified atom stereocenters. The van der Waals surface area contributed by atoms with E-state index >= 15 is 0 Å². The number of amides is 1. The van der Waals surface area contributed by atoms with E-state index in [0.29, 0.717) is 36.9 Å². The molecule has 0 bridgehead atoms. The van der Waals surface area contributed by atoms with Gasteiger partial charge in [-0.3, -0.25) is 4.79 Å². The molecule has 0 aliphatic carbocycles. The zero-order chi connectivity index (χ0) is 16.7. The van der Waals surface area contributed by atoms with Crippen molar-refractivity contribution in [2.24, 2.45) is 0 Å². The lowest BCUT2D eigenvalue weighted by Crippen LogP contribution is -2.26. The summed E-state index contributed by atoms with van der Waals surface area (Å²) in [5, 5.41) is 3.88. The minimum atomic E-state index is -0.135. The summed E-state index contributed by atoms with van der Waals surface area (Å²) in [4.78, 5) is 18.0. The minimum absolute atomic E-state index is 0.135. The van der Waals surface area contributed by atoms with E-state index in [-0.39, 0.29) is 5.91 Å². The molecule has 0 fully saturated rings. The zero-order valence-electron chi connectivity index (χ0n) is 13.6. The number of carbonyl (C=O) groups is 1. The molecule has 124 valence electrons. The molecule has 7 nitrogen and oxygen atoms in total. The highest BCUT2D eigenvalue weighted by molar-refractivity contribution is 5.93. The standard InChI is InChI=1S/C16H21N3O4/c1-12-9-14(18-23-12)11-19(2)16(20)13-5-6-15(17-10-13)22-8-4-7-21-3/h5-6,9-10H,4,7-8,11H2,1-3H3. The summed E-state index contributed by atoms with van der Waals surface area (Å²) in [6.07, 6.45) is 2.30. The third kappa shape index (κ3) is 5.07. The lowest BCUT2D eigenvalue weighted by atomic mass is 10.2. The highest BCUT2D eigenvalue weighted by atomic mass is 16.5. The third-order valence-corrected chi connectivity index (χ3v) is 3.15. The molecule has 0 aromatic carbocycles. The van der Waals surface area contributed by atoms with Gasteiger partial charge in [-0.15, -0.1) is 0 Å². The second-order valence-corrected chi connectivity index (χ2v) is 5.17. The van der Waals surface area contributed by atoms with Crippen LogP contribution in [0.1, 0.15) is 28.2 Å². The van der Waals surface area contributed by atoms with E-state index in [1.165, 1.54) is 6.20 Å². The van der Waals surface area contributed by atoms with Crippen LogP contribution in [0, 0.1) is 6.92 Å². The van der Waals surface area contributed by atoms with E-state index < -0.39 is 0 Å². The van der Waals surface area contributed by atoms with Crippen LogP contribution in [0.25, 0.3) is 0 Å². The predicted molar refractivity (Wildman–Crippen MR) is 83.3 cm³/mol. The number of nitrogens with zero attached hydrogens (tertiary/aromatic N) is 3. The number of pyridine rings is 1. The molecule has 2 aromatic rings. The first-order valence-corrected chi connectivity index (χ1v) is 7.35. The van der Waals surface area contributed by atoms with Gasteiger partial charge >= 0.3 is 0 Å². The van der Waals surface area contributed by atoms with Crippen molar-refractivity contribution in [3.8, 4) is 5.88 Å². The van der Waals surface area contributed by atoms with Crippen molar-refractivity contribution in [2.75, 3.05) is 27.4 Å². The van der Waals surface area contributed by atoms with Crippen LogP contribution in [0.4, 0.5) is 0 Å². The molecule has 0 atom stereocenters. The molecular formula is C16H21N3O4. The van der Waals surface area contributed by atoms with Crippen molar-refractivity contribution in [1.82, 2.24) is 15.0 Å². The fraction of sp³-hybridized carbons (Fsp3) is 0.438. The topological polar surface area (TPSA) is 77.7 Å². The number of hydrogen-bond acceptors (Lipinski definition) is 6. The molecule has 1 amide bonds. The summed E-state index contributed by atoms with van der Waals surface area (Å²) in [5.41, 5.74) is 1.21. The number of hydrogen-bond donors (Lipinski definition) is 0. The average Bonchev–Trinajstić information content (AvgIpc) is 2.96. The van der Waals surface area contributed by atoms with Crippen LogP contribution in [0.5, 0.6) is 5.88 Å². The Morgan fingerprint density at radius 3 is 2.78 bits per heavy atom. The Balaban J connectivity index is 1.88. The summed E-state index contributed by atoms with van der Waals surface area (Å²) >= 11 is 0. The molecule has 2 aromatic heterocycles. The third-order valence-electron chi connectivity index (χ3n) is 3.15. The Labute approximate surface area is 135 Å². The van der Waals surface area contributed by atoms with E-state index in [1.807, 2.05) is 6.92 Å². The van der Waals surface area contributed by atoms with E-state index in [1.54, 1.807) is 37.3 Å². The highest BCUT2D eigenvalue weighted by Crippen LogP contribution is 2.12. The van der Waals surface area contributed by atoms with E-state index in [4.69, 9.17) is 14.0 Å². The number of methoxy groups -OCH3 is 1. The average molecular weight is 319 g/mol. The van der Waals surface area contributed by atoms with Gasteiger partial charge in [0, 0.05) is 45.5 Å². The van der Waals surface area contributed by atoms with Crippen LogP contribution in [-0.4, -0.2) is 48.3 Å². The Bertz CT molecular complexity index is 625. The Morgan fingerprint density at radius 2 is 2.17 bits per heavy atom. The fourth-order valence-corrected chi connectivity index (χ4v) is 2.00. The normalized spacial score (nSPS) is 10.6. The summed E-state index contributed by atoms with van der Waals surface area (Å²) in [6, 6.07) is 5.19. The molecule has 7 heteroatoms. The maximum Gasteiger partial charge on any atom is 0.255 e. The number of aryl methyl sites for hydroxylation is 1. The van der Waals surface area contributed by atoms with Crippen molar-refractivity contribution in [1.29, 1.82) is 0 Å². The molecule has 0 aliphatic rings. The van der Waals surface area contributed by atoms with Gasteiger partial charge in [-0.1, -0.05) is 5.16 Å². The minimum Gasteiger partial charge on any atom is -0.478 e. The number of ether oxygens (including phenoxy) is 2. The largest absolute Gasteiger partial charge is 0.478 e. The molecule has 0 saturated carbocycles. The molecule has 0 N–H and O–H groups in total. The second kappa shape index (κ2) is 8.28. The SMILES string of the molecule is COCCCOc1ccc(C(=O)N(C)Cc2cc(C)on2)cn1. The Kier molecular flexibility index (Phi) is 6.10. The second-order valence-electron chi connectivity index (χ2n) is 5.17. The van der Waals surface area contributed by atoms with Crippen LogP contribution < -0.4 is 4.74 Å². The van der Waals surface area contributed by atoms with Crippen molar-refractivity contribution >= 4 is 5.91 Å². The van der Waals surface area contributed by atoms with Gasteiger partial charge in [-0.2, -0.15) is 0 Å². The number of aromatic nitrogens is 2. The van der Waals surface area contributed by atoms with Crippen molar-refractivity contribution in [2.45, 2.75) is 19.9 Å². The van der Waals surface area contributed by atoms with Crippen LogP contribution in [0.15, 0.2) is 28.9 Å². The molecule has 0 saturated heterocycles. The van der Waals surface area contributed by atoms with E-state index in [0.717, 1.165) is 12.2 Å².